The van der Waals surface area contributed by atoms with Crippen LogP contribution in [0.4, 0.5) is 0 Å². The average Bonchev–Trinajstić information content (AvgIpc) is 3.36. The van der Waals surface area contributed by atoms with Crippen LogP contribution in [0.3, 0.4) is 0 Å². The lowest BCUT2D eigenvalue weighted by Gasteiger charge is -2.22. The van der Waals surface area contributed by atoms with Crippen molar-refractivity contribution in [2.24, 2.45) is 0 Å². The molecule has 3 N–H and O–H groups in total. The van der Waals surface area contributed by atoms with E-state index in [1.807, 2.05) is 0 Å². The summed E-state index contributed by atoms with van der Waals surface area (Å²) in [6.45, 7) is 4.96. The molecule has 416 valence electrons. The Hall–Kier alpha value is -1.40. The number of ether oxygens (including phenoxy) is 1. The Morgan fingerprint density at radius 2 is 0.671 bits per heavy atom. The Kier molecular flexibility index (Phi) is 59.0. The Morgan fingerprint density at radius 1 is 0.386 bits per heavy atom. The molecule has 0 aliphatic heterocycles. The topological polar surface area (TPSA) is 95.9 Å². The Balaban J connectivity index is 3.42. The van der Waals surface area contributed by atoms with E-state index in [9.17, 15) is 19.8 Å². The van der Waals surface area contributed by atoms with Crippen molar-refractivity contribution >= 4 is 11.9 Å². The van der Waals surface area contributed by atoms with Crippen LogP contribution in [0.1, 0.15) is 361 Å². The first kappa shape index (κ1) is 68.6. The highest BCUT2D eigenvalue weighted by Gasteiger charge is 2.20. The van der Waals surface area contributed by atoms with Gasteiger partial charge in [0.25, 0.3) is 0 Å². The number of amides is 1. The number of esters is 1. The van der Waals surface area contributed by atoms with E-state index in [2.05, 4.69) is 31.3 Å². The predicted octanol–water partition coefficient (Wildman–Crippen LogP) is 20.0. The van der Waals surface area contributed by atoms with E-state index in [1.54, 1.807) is 0 Å². The fourth-order valence-corrected chi connectivity index (χ4v) is 10.2. The van der Waals surface area contributed by atoms with Crippen molar-refractivity contribution in [2.75, 3.05) is 13.2 Å². The van der Waals surface area contributed by atoms with Gasteiger partial charge in [0, 0.05) is 12.8 Å². The average molecular weight is 989 g/mol. The Bertz CT molecular complexity index is 1050. The zero-order valence-corrected chi connectivity index (χ0v) is 47.5. The van der Waals surface area contributed by atoms with E-state index in [1.165, 1.54) is 276 Å². The molecule has 2 unspecified atom stereocenters. The minimum atomic E-state index is -0.671. The first-order valence-electron chi connectivity index (χ1n) is 31.9. The van der Waals surface area contributed by atoms with Gasteiger partial charge in [-0.05, 0) is 51.4 Å². The number of hydrogen-bond donors (Lipinski definition) is 3. The van der Waals surface area contributed by atoms with Gasteiger partial charge in [-0.2, -0.15) is 0 Å². The minimum absolute atomic E-state index is 0.00538. The summed E-state index contributed by atoms with van der Waals surface area (Å²) in [6, 6.07) is -0.549. The van der Waals surface area contributed by atoms with E-state index in [-0.39, 0.29) is 18.5 Å². The van der Waals surface area contributed by atoms with Crippen LogP contribution in [-0.4, -0.2) is 47.4 Å². The molecule has 0 radical (unpaired) electrons. The van der Waals surface area contributed by atoms with Gasteiger partial charge in [0.15, 0.2) is 0 Å². The number of unbranched alkanes of at least 4 members (excludes halogenated alkanes) is 47. The van der Waals surface area contributed by atoms with Crippen LogP contribution in [0, 0.1) is 0 Å². The van der Waals surface area contributed by atoms with Crippen molar-refractivity contribution in [2.45, 2.75) is 373 Å². The van der Waals surface area contributed by atoms with Crippen LogP contribution in [-0.2, 0) is 14.3 Å². The number of rotatable bonds is 60. The van der Waals surface area contributed by atoms with E-state index in [4.69, 9.17) is 4.74 Å². The fraction of sp³-hybridized carbons (Fsp3) is 0.938. The largest absolute Gasteiger partial charge is 0.466 e. The van der Waals surface area contributed by atoms with Gasteiger partial charge < -0.3 is 20.3 Å². The quantitative estimate of drug-likeness (QED) is 0.0321. The highest BCUT2D eigenvalue weighted by molar-refractivity contribution is 5.76. The Morgan fingerprint density at radius 3 is 1.01 bits per heavy atom. The summed E-state index contributed by atoms with van der Waals surface area (Å²) >= 11 is 0. The van der Waals surface area contributed by atoms with Gasteiger partial charge in [0.1, 0.15) is 0 Å². The second-order valence-corrected chi connectivity index (χ2v) is 22.1. The first-order chi connectivity index (χ1) is 34.5. The van der Waals surface area contributed by atoms with Gasteiger partial charge in [-0.1, -0.05) is 309 Å². The molecule has 0 aliphatic rings. The van der Waals surface area contributed by atoms with Gasteiger partial charge in [-0.25, -0.2) is 0 Å². The summed E-state index contributed by atoms with van der Waals surface area (Å²) in [5.41, 5.74) is 0. The Labute approximate surface area is 438 Å². The number of aliphatic hydroxyl groups is 2. The third kappa shape index (κ3) is 55.9. The normalized spacial score (nSPS) is 12.6. The summed E-state index contributed by atoms with van der Waals surface area (Å²) in [7, 11) is 0. The number of aliphatic hydroxyl groups excluding tert-OH is 2. The van der Waals surface area contributed by atoms with Crippen LogP contribution in [0.25, 0.3) is 0 Å². The van der Waals surface area contributed by atoms with Crippen molar-refractivity contribution in [1.82, 2.24) is 5.32 Å². The molecular formula is C64H125NO5. The molecule has 6 nitrogen and oxygen atoms in total. The summed E-state index contributed by atoms with van der Waals surface area (Å²) in [5.74, 6) is -0.0448. The standard InChI is InChI=1S/C64H125NO5/c1-3-5-7-9-11-13-15-17-19-21-22-23-24-25-26-28-32-36-40-44-48-52-56-62(67)61(60-66)65-63(68)57-53-49-45-41-37-33-29-27-31-35-39-43-47-51-55-59-70-64(69)58-54-50-46-42-38-34-30-20-18-16-14-12-10-8-6-4-2/h20,30,61-62,66-67H,3-19,21-29,31-60H2,1-2H3,(H,65,68)/b30-20-. The van der Waals surface area contributed by atoms with Crippen LogP contribution < -0.4 is 5.32 Å². The summed E-state index contributed by atoms with van der Waals surface area (Å²) < 4.78 is 5.48. The van der Waals surface area contributed by atoms with Crippen LogP contribution in [0.15, 0.2) is 12.2 Å². The van der Waals surface area contributed by atoms with Crippen molar-refractivity contribution in [1.29, 1.82) is 0 Å². The molecule has 0 aromatic carbocycles. The molecule has 0 aromatic heterocycles. The molecule has 2 atom stereocenters. The molecule has 0 saturated carbocycles. The minimum Gasteiger partial charge on any atom is -0.466 e. The highest BCUT2D eigenvalue weighted by atomic mass is 16.5. The van der Waals surface area contributed by atoms with Crippen LogP contribution in [0.2, 0.25) is 0 Å². The molecule has 1 amide bonds. The summed E-state index contributed by atoms with van der Waals surface area (Å²) in [5, 5.41) is 23.4. The SMILES string of the molecule is CCCCCCCCC/C=C\CCCCCCCC(=O)OCCCCCCCCCCCCCCCCCC(=O)NC(CO)C(O)CCCCCCCCCCCCCCCCCCCCCCCC. The molecule has 6 heteroatoms. The van der Waals surface area contributed by atoms with E-state index >= 15 is 0 Å². The maximum absolute atomic E-state index is 12.5. The highest BCUT2D eigenvalue weighted by Crippen LogP contribution is 2.18. The third-order valence-electron chi connectivity index (χ3n) is 15.1. The van der Waals surface area contributed by atoms with E-state index < -0.39 is 12.1 Å². The van der Waals surface area contributed by atoms with Gasteiger partial charge in [0.05, 0.1) is 25.4 Å². The zero-order chi connectivity index (χ0) is 50.7. The van der Waals surface area contributed by atoms with Crippen LogP contribution in [0.5, 0.6) is 0 Å². The van der Waals surface area contributed by atoms with Gasteiger partial charge in [-0.3, -0.25) is 9.59 Å². The second-order valence-electron chi connectivity index (χ2n) is 22.1. The predicted molar refractivity (Wildman–Crippen MR) is 306 cm³/mol. The van der Waals surface area contributed by atoms with Crippen molar-refractivity contribution in [3.05, 3.63) is 12.2 Å². The van der Waals surface area contributed by atoms with E-state index in [0.29, 0.717) is 25.9 Å². The second kappa shape index (κ2) is 60.2. The number of carbonyl (C=O) groups is 2. The molecule has 0 rings (SSSR count). The lowest BCUT2D eigenvalue weighted by atomic mass is 10.0. The summed E-state index contributed by atoms with van der Waals surface area (Å²) in [6.07, 6.45) is 72.2. The number of carbonyl (C=O) groups excluding carboxylic acids is 2. The number of hydrogen-bond acceptors (Lipinski definition) is 5. The van der Waals surface area contributed by atoms with Gasteiger partial charge in [0.2, 0.25) is 5.91 Å². The zero-order valence-electron chi connectivity index (χ0n) is 47.5. The molecule has 0 aliphatic carbocycles. The maximum Gasteiger partial charge on any atom is 0.305 e. The smallest absolute Gasteiger partial charge is 0.305 e. The van der Waals surface area contributed by atoms with Crippen molar-refractivity contribution in [3.8, 4) is 0 Å². The number of nitrogens with one attached hydrogen (secondary N) is 1. The molecule has 0 fully saturated rings. The maximum atomic E-state index is 12.5. The molecule has 0 aromatic rings. The molecular weight excluding hydrogens is 863 g/mol. The third-order valence-corrected chi connectivity index (χ3v) is 15.1. The van der Waals surface area contributed by atoms with E-state index in [0.717, 1.165) is 51.4 Å². The summed E-state index contributed by atoms with van der Waals surface area (Å²) in [4.78, 5) is 24.6. The van der Waals surface area contributed by atoms with Crippen LogP contribution >= 0.6 is 0 Å². The first-order valence-corrected chi connectivity index (χ1v) is 31.9. The lowest BCUT2D eigenvalue weighted by molar-refractivity contribution is -0.143. The molecule has 0 heterocycles. The molecule has 0 spiro atoms. The number of allylic oxidation sites excluding steroid dienone is 2. The van der Waals surface area contributed by atoms with Gasteiger partial charge >= 0.3 is 5.97 Å². The lowest BCUT2D eigenvalue weighted by Crippen LogP contribution is -2.45. The monoisotopic (exact) mass is 988 g/mol. The molecule has 70 heavy (non-hydrogen) atoms. The van der Waals surface area contributed by atoms with Crippen molar-refractivity contribution < 1.29 is 24.5 Å². The molecule has 0 bridgehead atoms. The fourth-order valence-electron chi connectivity index (χ4n) is 10.2. The van der Waals surface area contributed by atoms with Gasteiger partial charge in [-0.15, -0.1) is 0 Å². The molecule has 0 saturated heterocycles. The van der Waals surface area contributed by atoms with Crippen molar-refractivity contribution in [3.63, 3.8) is 0 Å².